The molecule has 2 rings (SSSR count). The van der Waals surface area contributed by atoms with Gasteiger partial charge in [-0.3, -0.25) is 9.80 Å². The summed E-state index contributed by atoms with van der Waals surface area (Å²) in [6, 6.07) is 4.45. The van der Waals surface area contributed by atoms with Crippen molar-refractivity contribution in [2.75, 3.05) is 18.0 Å². The van der Waals surface area contributed by atoms with Gasteiger partial charge in [0, 0.05) is 30.4 Å². The molecule has 0 N–H and O–H groups in total. The van der Waals surface area contributed by atoms with Gasteiger partial charge in [0.2, 0.25) is 0 Å². The van der Waals surface area contributed by atoms with Crippen LogP contribution < -0.4 is 4.90 Å². The molecule has 2 heterocycles. The molecular formula is C23H39N3O2. The number of rotatable bonds is 6. The van der Waals surface area contributed by atoms with E-state index in [1.807, 2.05) is 26.8 Å². The number of amides is 1. The zero-order valence-corrected chi connectivity index (χ0v) is 18.9. The lowest BCUT2D eigenvalue weighted by atomic mass is 9.94. The van der Waals surface area contributed by atoms with Crippen molar-refractivity contribution in [2.24, 2.45) is 5.92 Å². The van der Waals surface area contributed by atoms with Gasteiger partial charge in [0.25, 0.3) is 0 Å². The summed E-state index contributed by atoms with van der Waals surface area (Å²) in [5.41, 5.74) is 0.612. The summed E-state index contributed by atoms with van der Waals surface area (Å²) in [5.74, 6) is 1.36. The Morgan fingerprint density at radius 2 is 2.04 bits per heavy atom. The summed E-state index contributed by atoms with van der Waals surface area (Å²) >= 11 is 0. The van der Waals surface area contributed by atoms with Gasteiger partial charge in [-0.05, 0) is 65.5 Å². The highest BCUT2D eigenvalue weighted by atomic mass is 16.6. The minimum atomic E-state index is -0.535. The third kappa shape index (κ3) is 5.94. The first kappa shape index (κ1) is 22.7. The maximum absolute atomic E-state index is 13.1. The fourth-order valence-electron chi connectivity index (χ4n) is 3.87. The number of pyridine rings is 1. The van der Waals surface area contributed by atoms with Crippen LogP contribution in [0, 0.1) is 5.92 Å². The lowest BCUT2D eigenvalue weighted by Gasteiger charge is -2.39. The smallest absolute Gasteiger partial charge is 0.416 e. The first-order valence-electron chi connectivity index (χ1n) is 10.8. The molecule has 0 aliphatic carbocycles. The van der Waals surface area contributed by atoms with Crippen LogP contribution in [0.5, 0.6) is 0 Å². The van der Waals surface area contributed by atoms with Gasteiger partial charge in [0.05, 0.1) is 0 Å². The highest BCUT2D eigenvalue weighted by molar-refractivity contribution is 5.88. The van der Waals surface area contributed by atoms with Crippen molar-refractivity contribution in [2.45, 2.75) is 91.8 Å². The molecular weight excluding hydrogens is 350 g/mol. The minimum Gasteiger partial charge on any atom is -0.443 e. The number of carbonyl (C=O) groups is 1. The Morgan fingerprint density at radius 3 is 2.64 bits per heavy atom. The summed E-state index contributed by atoms with van der Waals surface area (Å²) in [5, 5.41) is 0. The molecule has 1 aliphatic rings. The summed E-state index contributed by atoms with van der Waals surface area (Å²) in [6.45, 7) is 16.6. The average molecular weight is 390 g/mol. The first-order valence-corrected chi connectivity index (χ1v) is 10.8. The van der Waals surface area contributed by atoms with Crippen LogP contribution in [0.25, 0.3) is 0 Å². The van der Waals surface area contributed by atoms with Crippen molar-refractivity contribution >= 4 is 11.9 Å². The molecule has 0 unspecified atom stereocenters. The summed E-state index contributed by atoms with van der Waals surface area (Å²) in [7, 11) is 0. The summed E-state index contributed by atoms with van der Waals surface area (Å²) in [6.07, 6.45) is 5.87. The van der Waals surface area contributed by atoms with Gasteiger partial charge in [0.1, 0.15) is 11.4 Å². The van der Waals surface area contributed by atoms with Gasteiger partial charge in [-0.1, -0.05) is 33.3 Å². The highest BCUT2D eigenvalue weighted by Crippen LogP contribution is 2.37. The maximum Gasteiger partial charge on any atom is 0.416 e. The van der Waals surface area contributed by atoms with Crippen molar-refractivity contribution in [1.82, 2.24) is 9.88 Å². The van der Waals surface area contributed by atoms with Crippen LogP contribution in [0.15, 0.2) is 18.3 Å². The van der Waals surface area contributed by atoms with E-state index in [2.05, 4.69) is 43.6 Å². The molecule has 1 amide bonds. The van der Waals surface area contributed by atoms with Crippen molar-refractivity contribution < 1.29 is 9.53 Å². The molecule has 5 nitrogen and oxygen atoms in total. The molecule has 2 atom stereocenters. The van der Waals surface area contributed by atoms with E-state index >= 15 is 0 Å². The third-order valence-electron chi connectivity index (χ3n) is 5.24. The normalized spacial score (nSPS) is 19.5. The molecule has 1 aromatic heterocycles. The lowest BCUT2D eigenvalue weighted by molar-refractivity contribution is 0.0564. The van der Waals surface area contributed by atoms with Crippen molar-refractivity contribution in [3.63, 3.8) is 0 Å². The molecule has 28 heavy (non-hydrogen) atoms. The number of carbonyl (C=O) groups excluding carboxylic acids is 1. The highest BCUT2D eigenvalue weighted by Gasteiger charge is 2.33. The largest absolute Gasteiger partial charge is 0.443 e. The van der Waals surface area contributed by atoms with Gasteiger partial charge >= 0.3 is 6.09 Å². The van der Waals surface area contributed by atoms with Crippen LogP contribution in [0.4, 0.5) is 10.6 Å². The molecule has 0 aromatic carbocycles. The van der Waals surface area contributed by atoms with E-state index in [9.17, 15) is 4.79 Å². The molecule has 5 heteroatoms. The van der Waals surface area contributed by atoms with E-state index in [1.54, 1.807) is 11.1 Å². The zero-order chi connectivity index (χ0) is 20.9. The number of nitrogens with zero attached hydrogens (tertiary/aromatic N) is 3. The second-order valence-electron chi connectivity index (χ2n) is 9.42. The predicted octanol–water partition coefficient (Wildman–Crippen LogP) is 5.80. The van der Waals surface area contributed by atoms with E-state index < -0.39 is 5.60 Å². The minimum absolute atomic E-state index is 0.0191. The Labute approximate surface area is 171 Å². The average Bonchev–Trinajstić information content (AvgIpc) is 2.61. The van der Waals surface area contributed by atoms with Crippen LogP contribution in [0.3, 0.4) is 0 Å². The first-order chi connectivity index (χ1) is 13.1. The summed E-state index contributed by atoms with van der Waals surface area (Å²) < 4.78 is 5.74. The van der Waals surface area contributed by atoms with E-state index in [0.29, 0.717) is 12.0 Å². The SMILES string of the molecule is CC[C@@H](C)N(C(=O)OC(C)(C)C)c1ncccc1[C@@H]1CCCCN1CC(C)C. The Kier molecular flexibility index (Phi) is 7.87. The Morgan fingerprint density at radius 1 is 1.32 bits per heavy atom. The van der Waals surface area contributed by atoms with E-state index in [-0.39, 0.29) is 12.1 Å². The zero-order valence-electron chi connectivity index (χ0n) is 18.9. The molecule has 158 valence electrons. The van der Waals surface area contributed by atoms with Gasteiger partial charge in [-0.25, -0.2) is 9.78 Å². The number of aromatic nitrogens is 1. The third-order valence-corrected chi connectivity index (χ3v) is 5.24. The van der Waals surface area contributed by atoms with E-state index in [0.717, 1.165) is 37.3 Å². The molecule has 1 fully saturated rings. The van der Waals surface area contributed by atoms with Crippen LogP contribution in [0.1, 0.15) is 85.8 Å². The monoisotopic (exact) mass is 389 g/mol. The van der Waals surface area contributed by atoms with Gasteiger partial charge < -0.3 is 4.74 Å². The van der Waals surface area contributed by atoms with Crippen molar-refractivity contribution in [1.29, 1.82) is 0 Å². The Bertz CT molecular complexity index is 639. The molecule has 0 saturated carbocycles. The number of anilines is 1. The number of likely N-dealkylation sites (tertiary alicyclic amines) is 1. The lowest BCUT2D eigenvalue weighted by Crippen LogP contribution is -2.44. The number of piperidine rings is 1. The topological polar surface area (TPSA) is 45.7 Å². The number of hydrogen-bond acceptors (Lipinski definition) is 4. The van der Waals surface area contributed by atoms with Gasteiger partial charge in [-0.15, -0.1) is 0 Å². The molecule has 0 bridgehead atoms. The fraction of sp³-hybridized carbons (Fsp3) is 0.739. The number of ether oxygens (including phenoxy) is 1. The molecule has 0 spiro atoms. The van der Waals surface area contributed by atoms with Crippen LogP contribution in [-0.4, -0.2) is 40.7 Å². The van der Waals surface area contributed by atoms with Crippen LogP contribution >= 0.6 is 0 Å². The Balaban J connectivity index is 2.44. The van der Waals surface area contributed by atoms with E-state index in [1.165, 1.54) is 12.8 Å². The molecule has 1 saturated heterocycles. The quantitative estimate of drug-likeness (QED) is 0.616. The van der Waals surface area contributed by atoms with E-state index in [4.69, 9.17) is 4.74 Å². The van der Waals surface area contributed by atoms with Crippen LogP contribution in [-0.2, 0) is 4.74 Å². The van der Waals surface area contributed by atoms with Crippen molar-refractivity contribution in [3.8, 4) is 0 Å². The number of hydrogen-bond donors (Lipinski definition) is 0. The predicted molar refractivity (Wildman–Crippen MR) is 116 cm³/mol. The van der Waals surface area contributed by atoms with Crippen LogP contribution in [0.2, 0.25) is 0 Å². The van der Waals surface area contributed by atoms with Gasteiger partial charge in [0.15, 0.2) is 0 Å². The standard InChI is InChI=1S/C23H39N3O2/c1-8-18(4)26(22(27)28-23(5,6)7)21-19(12-11-14-24-21)20-13-9-10-15-25(20)16-17(2)3/h11-12,14,17-18,20H,8-10,13,15-16H2,1-7H3/t18-,20+/m1/s1. The van der Waals surface area contributed by atoms with Crippen molar-refractivity contribution in [3.05, 3.63) is 23.9 Å². The molecule has 1 aromatic rings. The van der Waals surface area contributed by atoms with Gasteiger partial charge in [-0.2, -0.15) is 0 Å². The Hall–Kier alpha value is -1.62. The summed E-state index contributed by atoms with van der Waals surface area (Å²) in [4.78, 5) is 22.1. The second-order valence-corrected chi connectivity index (χ2v) is 9.42. The maximum atomic E-state index is 13.1. The fourth-order valence-corrected chi connectivity index (χ4v) is 3.87. The second kappa shape index (κ2) is 9.73. The molecule has 0 radical (unpaired) electrons. The molecule has 1 aliphatic heterocycles.